The fourth-order valence-corrected chi connectivity index (χ4v) is 4.52. The van der Waals surface area contributed by atoms with Crippen LogP contribution in [0, 0.1) is 17.8 Å². The first-order valence-electron chi connectivity index (χ1n) is 5.10. The molecule has 76 valence electrons. The number of fused-ring (bicyclic) bond motifs is 2. The molecule has 0 saturated heterocycles. The van der Waals surface area contributed by atoms with Gasteiger partial charge in [-0.2, -0.15) is 0 Å². The van der Waals surface area contributed by atoms with Gasteiger partial charge in [0.1, 0.15) is 0 Å². The van der Waals surface area contributed by atoms with E-state index in [1.54, 1.807) is 0 Å². The van der Waals surface area contributed by atoms with Crippen molar-refractivity contribution in [1.82, 2.24) is 0 Å². The first kappa shape index (κ1) is 9.63. The molecule has 0 heterocycles. The minimum absolute atomic E-state index is 0.173. The van der Waals surface area contributed by atoms with Crippen molar-refractivity contribution in [3.05, 3.63) is 0 Å². The van der Waals surface area contributed by atoms with Crippen LogP contribution in [-0.4, -0.2) is 22.4 Å². The van der Waals surface area contributed by atoms with Crippen molar-refractivity contribution in [3.63, 3.8) is 0 Å². The standard InChI is InChI=1S/C10H17FOS/c1-13(12)10-6-8-5-9(10)4-7(8)2-3-11/h7-10H,2-6H2,1H3. The molecule has 2 aliphatic rings. The molecule has 5 atom stereocenters. The summed E-state index contributed by atoms with van der Waals surface area (Å²) in [7, 11) is -0.653. The summed E-state index contributed by atoms with van der Waals surface area (Å²) in [5.74, 6) is 1.94. The number of hydrogen-bond donors (Lipinski definition) is 0. The van der Waals surface area contributed by atoms with Gasteiger partial charge in [-0.3, -0.25) is 8.60 Å². The van der Waals surface area contributed by atoms with E-state index in [0.29, 0.717) is 23.0 Å². The van der Waals surface area contributed by atoms with Crippen molar-refractivity contribution in [3.8, 4) is 0 Å². The highest BCUT2D eigenvalue weighted by molar-refractivity contribution is 7.84. The molecule has 0 amide bonds. The Balaban J connectivity index is 1.95. The van der Waals surface area contributed by atoms with Gasteiger partial charge < -0.3 is 0 Å². The van der Waals surface area contributed by atoms with E-state index < -0.39 is 10.8 Å². The lowest BCUT2D eigenvalue weighted by Crippen LogP contribution is -2.25. The van der Waals surface area contributed by atoms with E-state index in [0.717, 1.165) is 19.3 Å². The number of alkyl halides is 1. The fourth-order valence-electron chi connectivity index (χ4n) is 3.24. The molecule has 2 rings (SSSR count). The summed E-state index contributed by atoms with van der Waals surface area (Å²) in [6.07, 6.45) is 6.01. The molecule has 2 fully saturated rings. The summed E-state index contributed by atoms with van der Waals surface area (Å²) in [4.78, 5) is 0. The number of hydrogen-bond acceptors (Lipinski definition) is 1. The van der Waals surface area contributed by atoms with E-state index in [2.05, 4.69) is 0 Å². The topological polar surface area (TPSA) is 17.1 Å². The summed E-state index contributed by atoms with van der Waals surface area (Å²) in [6.45, 7) is -0.173. The van der Waals surface area contributed by atoms with Gasteiger partial charge in [0.2, 0.25) is 0 Å². The van der Waals surface area contributed by atoms with Crippen LogP contribution in [0.2, 0.25) is 0 Å². The molecular weight excluding hydrogens is 187 g/mol. The predicted octanol–water partition coefficient (Wildman–Crippen LogP) is 2.14. The molecule has 5 unspecified atom stereocenters. The Labute approximate surface area is 81.6 Å². The Kier molecular flexibility index (Phi) is 2.72. The van der Waals surface area contributed by atoms with Gasteiger partial charge in [-0.15, -0.1) is 0 Å². The first-order valence-corrected chi connectivity index (χ1v) is 6.72. The van der Waals surface area contributed by atoms with Crippen molar-refractivity contribution in [2.75, 3.05) is 12.9 Å². The number of rotatable bonds is 3. The maximum Gasteiger partial charge on any atom is 0.0897 e. The third-order valence-electron chi connectivity index (χ3n) is 3.84. The van der Waals surface area contributed by atoms with Crippen LogP contribution in [0.1, 0.15) is 25.7 Å². The molecule has 2 saturated carbocycles. The van der Waals surface area contributed by atoms with Gasteiger partial charge in [0, 0.05) is 22.3 Å². The summed E-state index contributed by atoms with van der Waals surface area (Å²) in [5, 5.41) is 0.431. The molecule has 2 aliphatic carbocycles. The molecule has 2 bridgehead atoms. The van der Waals surface area contributed by atoms with Crippen molar-refractivity contribution in [1.29, 1.82) is 0 Å². The molecule has 0 aliphatic heterocycles. The Bertz CT molecular complexity index is 219. The number of halogens is 1. The van der Waals surface area contributed by atoms with E-state index in [4.69, 9.17) is 0 Å². The van der Waals surface area contributed by atoms with Crippen LogP contribution in [0.25, 0.3) is 0 Å². The predicted molar refractivity (Wildman–Crippen MR) is 52.8 cm³/mol. The zero-order chi connectivity index (χ0) is 9.42. The normalized spacial score (nSPS) is 45.4. The maximum atomic E-state index is 12.2. The van der Waals surface area contributed by atoms with Crippen LogP contribution in [0.3, 0.4) is 0 Å². The van der Waals surface area contributed by atoms with Crippen LogP contribution in [0.4, 0.5) is 4.39 Å². The SMILES string of the molecule is CS(=O)C1CC2CC1CC2CCF. The van der Waals surface area contributed by atoms with Crippen molar-refractivity contribution in [2.24, 2.45) is 17.8 Å². The zero-order valence-corrected chi connectivity index (χ0v) is 8.86. The molecule has 0 aromatic rings. The van der Waals surface area contributed by atoms with Crippen LogP contribution in [-0.2, 0) is 10.8 Å². The van der Waals surface area contributed by atoms with Gasteiger partial charge in [-0.25, -0.2) is 0 Å². The highest BCUT2D eigenvalue weighted by atomic mass is 32.2. The second kappa shape index (κ2) is 3.68. The van der Waals surface area contributed by atoms with E-state index in [1.807, 2.05) is 6.26 Å². The summed E-state index contributed by atoms with van der Waals surface area (Å²) >= 11 is 0. The molecule has 0 spiro atoms. The zero-order valence-electron chi connectivity index (χ0n) is 8.04. The van der Waals surface area contributed by atoms with Crippen molar-refractivity contribution < 1.29 is 8.60 Å². The maximum absolute atomic E-state index is 12.2. The Morgan fingerprint density at radius 2 is 2.08 bits per heavy atom. The third-order valence-corrected chi connectivity index (χ3v) is 5.27. The molecule has 0 radical (unpaired) electrons. The molecule has 3 heteroatoms. The summed E-state index contributed by atoms with van der Waals surface area (Å²) < 4.78 is 23.5. The molecular formula is C10H17FOS. The van der Waals surface area contributed by atoms with E-state index in [-0.39, 0.29) is 6.67 Å². The average molecular weight is 204 g/mol. The van der Waals surface area contributed by atoms with E-state index >= 15 is 0 Å². The minimum Gasteiger partial charge on any atom is -0.260 e. The fraction of sp³-hybridized carbons (Fsp3) is 1.00. The lowest BCUT2D eigenvalue weighted by Gasteiger charge is -2.25. The van der Waals surface area contributed by atoms with Gasteiger partial charge >= 0.3 is 0 Å². The molecule has 0 N–H and O–H groups in total. The van der Waals surface area contributed by atoms with Crippen LogP contribution >= 0.6 is 0 Å². The second-order valence-corrected chi connectivity index (χ2v) is 6.10. The Morgan fingerprint density at radius 3 is 2.54 bits per heavy atom. The highest BCUT2D eigenvalue weighted by Crippen LogP contribution is 2.51. The smallest absolute Gasteiger partial charge is 0.0897 e. The Hall–Kier alpha value is 0.0800. The van der Waals surface area contributed by atoms with Crippen molar-refractivity contribution >= 4 is 10.8 Å². The Morgan fingerprint density at radius 1 is 1.31 bits per heavy atom. The quantitative estimate of drug-likeness (QED) is 0.688. The first-order chi connectivity index (χ1) is 6.22. The third kappa shape index (κ3) is 1.67. The largest absolute Gasteiger partial charge is 0.260 e. The lowest BCUT2D eigenvalue weighted by atomic mass is 9.86. The van der Waals surface area contributed by atoms with E-state index in [1.165, 1.54) is 6.42 Å². The van der Waals surface area contributed by atoms with Crippen LogP contribution in [0.5, 0.6) is 0 Å². The average Bonchev–Trinajstić information content (AvgIpc) is 2.62. The minimum atomic E-state index is -0.653. The van der Waals surface area contributed by atoms with Crippen LogP contribution in [0.15, 0.2) is 0 Å². The summed E-state index contributed by atoms with van der Waals surface area (Å²) in [6, 6.07) is 0. The van der Waals surface area contributed by atoms with Gasteiger partial charge in [0.05, 0.1) is 6.67 Å². The molecule has 1 nitrogen and oxygen atoms in total. The van der Waals surface area contributed by atoms with Crippen molar-refractivity contribution in [2.45, 2.75) is 30.9 Å². The highest BCUT2D eigenvalue weighted by Gasteiger charge is 2.46. The van der Waals surface area contributed by atoms with Gasteiger partial charge in [-0.1, -0.05) is 0 Å². The van der Waals surface area contributed by atoms with E-state index in [9.17, 15) is 8.60 Å². The summed E-state index contributed by atoms with van der Waals surface area (Å²) in [5.41, 5.74) is 0. The van der Waals surface area contributed by atoms with Gasteiger partial charge in [0.25, 0.3) is 0 Å². The molecule has 13 heavy (non-hydrogen) atoms. The molecule has 0 aromatic heterocycles. The van der Waals surface area contributed by atoms with Gasteiger partial charge in [-0.05, 0) is 43.4 Å². The van der Waals surface area contributed by atoms with Crippen LogP contribution < -0.4 is 0 Å². The monoisotopic (exact) mass is 204 g/mol. The second-order valence-electron chi connectivity index (χ2n) is 4.50. The molecule has 0 aromatic carbocycles. The van der Waals surface area contributed by atoms with Gasteiger partial charge in [0.15, 0.2) is 0 Å². The lowest BCUT2D eigenvalue weighted by molar-refractivity contribution is 0.286.